The lowest BCUT2D eigenvalue weighted by molar-refractivity contribution is -0.394. The highest BCUT2D eigenvalue weighted by Crippen LogP contribution is 2.24. The number of benzene rings is 2. The van der Waals surface area contributed by atoms with Crippen LogP contribution >= 0.6 is 0 Å². The molecule has 0 bridgehead atoms. The second-order valence-electron chi connectivity index (χ2n) is 5.12. The zero-order valence-electron chi connectivity index (χ0n) is 12.8. The number of hydrogen-bond donors (Lipinski definition) is 1. The van der Waals surface area contributed by atoms with Crippen molar-refractivity contribution in [3.63, 3.8) is 0 Å². The fourth-order valence-electron chi connectivity index (χ4n) is 2.26. The SMILES string of the molecule is Cc1nc2ccc(NC(=O)c3cc([N+](=O)[O-])cc([N+](=O)[O-])c3)cc2o1. The predicted octanol–water partition coefficient (Wildman–Crippen LogP) is 3.20. The first-order valence-electron chi connectivity index (χ1n) is 6.96. The number of nitro benzene ring substituents is 2. The third-order valence-corrected chi connectivity index (χ3v) is 3.34. The van der Waals surface area contributed by atoms with Gasteiger partial charge in [0, 0.05) is 30.8 Å². The summed E-state index contributed by atoms with van der Waals surface area (Å²) < 4.78 is 5.36. The van der Waals surface area contributed by atoms with Gasteiger partial charge < -0.3 is 9.73 Å². The predicted molar refractivity (Wildman–Crippen MR) is 86.5 cm³/mol. The highest BCUT2D eigenvalue weighted by Gasteiger charge is 2.20. The van der Waals surface area contributed by atoms with Gasteiger partial charge in [0.1, 0.15) is 5.52 Å². The average molecular weight is 342 g/mol. The molecule has 10 nitrogen and oxygen atoms in total. The molecule has 0 unspecified atom stereocenters. The van der Waals surface area contributed by atoms with Crippen molar-refractivity contribution < 1.29 is 19.1 Å². The second-order valence-corrected chi connectivity index (χ2v) is 5.12. The highest BCUT2D eigenvalue weighted by atomic mass is 16.6. The van der Waals surface area contributed by atoms with Gasteiger partial charge >= 0.3 is 0 Å². The first-order valence-corrected chi connectivity index (χ1v) is 6.96. The summed E-state index contributed by atoms with van der Waals surface area (Å²) >= 11 is 0. The van der Waals surface area contributed by atoms with Crippen molar-refractivity contribution in [1.29, 1.82) is 0 Å². The number of amides is 1. The molecule has 0 fully saturated rings. The van der Waals surface area contributed by atoms with Crippen LogP contribution in [0.2, 0.25) is 0 Å². The Balaban J connectivity index is 1.93. The van der Waals surface area contributed by atoms with Crippen molar-refractivity contribution in [3.05, 3.63) is 68.1 Å². The molecule has 0 radical (unpaired) electrons. The molecule has 126 valence electrons. The van der Waals surface area contributed by atoms with Crippen LogP contribution in [0.1, 0.15) is 16.2 Å². The van der Waals surface area contributed by atoms with Crippen LogP contribution in [-0.4, -0.2) is 20.7 Å². The molecule has 10 heteroatoms. The van der Waals surface area contributed by atoms with Crippen LogP contribution < -0.4 is 5.32 Å². The summed E-state index contributed by atoms with van der Waals surface area (Å²) in [5.41, 5.74) is 0.153. The molecule has 25 heavy (non-hydrogen) atoms. The minimum absolute atomic E-state index is 0.199. The van der Waals surface area contributed by atoms with Crippen molar-refractivity contribution in [3.8, 4) is 0 Å². The molecule has 1 N–H and O–H groups in total. The van der Waals surface area contributed by atoms with E-state index in [0.717, 1.165) is 18.2 Å². The van der Waals surface area contributed by atoms with Crippen LogP contribution in [0.4, 0.5) is 17.1 Å². The van der Waals surface area contributed by atoms with E-state index >= 15 is 0 Å². The van der Waals surface area contributed by atoms with Crippen LogP contribution in [0.25, 0.3) is 11.1 Å². The molecule has 1 aromatic heterocycles. The summed E-state index contributed by atoms with van der Waals surface area (Å²) in [6.45, 7) is 1.68. The number of oxazole rings is 1. The Bertz CT molecular complexity index is 994. The molecular formula is C15H10N4O6. The van der Waals surface area contributed by atoms with Gasteiger partial charge in [0.15, 0.2) is 11.5 Å². The van der Waals surface area contributed by atoms with Crippen molar-refractivity contribution in [2.45, 2.75) is 6.92 Å². The smallest absolute Gasteiger partial charge is 0.277 e. The average Bonchev–Trinajstić information content (AvgIpc) is 2.93. The lowest BCUT2D eigenvalue weighted by Crippen LogP contribution is -2.12. The van der Waals surface area contributed by atoms with E-state index in [1.807, 2.05) is 0 Å². The van der Waals surface area contributed by atoms with Crippen LogP contribution in [0.3, 0.4) is 0 Å². The number of hydrogen-bond acceptors (Lipinski definition) is 7. The molecule has 0 aliphatic carbocycles. The number of aromatic nitrogens is 1. The van der Waals surface area contributed by atoms with Gasteiger partial charge in [-0.2, -0.15) is 0 Å². The van der Waals surface area contributed by atoms with E-state index in [4.69, 9.17) is 4.42 Å². The number of rotatable bonds is 4. The number of fused-ring (bicyclic) bond motifs is 1. The van der Waals surface area contributed by atoms with E-state index < -0.39 is 27.1 Å². The standard InChI is InChI=1S/C15H10N4O6/c1-8-16-13-3-2-10(6-14(13)25-8)17-15(20)9-4-11(18(21)22)7-12(5-9)19(23)24/h2-7H,1H3,(H,17,20). The maximum absolute atomic E-state index is 12.3. The molecule has 0 aliphatic rings. The normalized spacial score (nSPS) is 10.6. The minimum atomic E-state index is -0.798. The number of aryl methyl sites for hydroxylation is 1. The molecule has 0 aliphatic heterocycles. The number of nitrogens with one attached hydrogen (secondary N) is 1. The number of nitro groups is 2. The maximum Gasteiger partial charge on any atom is 0.277 e. The van der Waals surface area contributed by atoms with E-state index in [-0.39, 0.29) is 5.56 Å². The summed E-state index contributed by atoms with van der Waals surface area (Å²) in [5.74, 6) is -0.254. The second kappa shape index (κ2) is 6.00. The molecular weight excluding hydrogens is 332 g/mol. The Morgan fingerprint density at radius 1 is 1.08 bits per heavy atom. The summed E-state index contributed by atoms with van der Waals surface area (Å²) in [5, 5.41) is 24.3. The fraction of sp³-hybridized carbons (Fsp3) is 0.0667. The molecule has 0 atom stereocenters. The fourth-order valence-corrected chi connectivity index (χ4v) is 2.26. The first-order chi connectivity index (χ1) is 11.8. The molecule has 0 saturated heterocycles. The largest absolute Gasteiger partial charge is 0.441 e. The number of carbonyl (C=O) groups excluding carboxylic acids is 1. The summed E-state index contributed by atoms with van der Waals surface area (Å²) in [6, 6.07) is 7.49. The molecule has 3 aromatic rings. The number of nitrogens with zero attached hydrogens (tertiary/aromatic N) is 3. The summed E-state index contributed by atoms with van der Waals surface area (Å²) in [6.07, 6.45) is 0. The maximum atomic E-state index is 12.3. The van der Waals surface area contributed by atoms with Crippen LogP contribution in [0.5, 0.6) is 0 Å². The van der Waals surface area contributed by atoms with E-state index in [9.17, 15) is 25.0 Å². The Kier molecular flexibility index (Phi) is 3.85. The Morgan fingerprint density at radius 3 is 2.32 bits per heavy atom. The van der Waals surface area contributed by atoms with Crippen LogP contribution in [0.15, 0.2) is 40.8 Å². The monoisotopic (exact) mass is 342 g/mol. The van der Waals surface area contributed by atoms with Gasteiger partial charge in [0.25, 0.3) is 17.3 Å². The molecule has 2 aromatic carbocycles. The van der Waals surface area contributed by atoms with Gasteiger partial charge in [-0.05, 0) is 12.1 Å². The number of non-ortho nitro benzene ring substituents is 2. The molecule has 1 amide bonds. The Morgan fingerprint density at radius 2 is 1.72 bits per heavy atom. The topological polar surface area (TPSA) is 141 Å². The Hall–Kier alpha value is -3.82. The van der Waals surface area contributed by atoms with Crippen molar-refractivity contribution >= 4 is 34.1 Å². The first kappa shape index (κ1) is 16.1. The van der Waals surface area contributed by atoms with Gasteiger partial charge in [-0.3, -0.25) is 25.0 Å². The van der Waals surface area contributed by atoms with E-state index in [2.05, 4.69) is 10.3 Å². The van der Waals surface area contributed by atoms with Crippen molar-refractivity contribution in [1.82, 2.24) is 4.98 Å². The molecule has 3 rings (SSSR count). The van der Waals surface area contributed by atoms with Crippen molar-refractivity contribution in [2.24, 2.45) is 0 Å². The summed E-state index contributed by atoms with van der Waals surface area (Å²) in [7, 11) is 0. The highest BCUT2D eigenvalue weighted by molar-refractivity contribution is 6.05. The van der Waals surface area contributed by atoms with Gasteiger partial charge in [-0.1, -0.05) is 0 Å². The molecule has 0 spiro atoms. The summed E-state index contributed by atoms with van der Waals surface area (Å²) in [4.78, 5) is 36.6. The molecule has 0 saturated carbocycles. The lowest BCUT2D eigenvalue weighted by atomic mass is 10.1. The lowest BCUT2D eigenvalue weighted by Gasteiger charge is -2.05. The number of anilines is 1. The van der Waals surface area contributed by atoms with Crippen molar-refractivity contribution in [2.75, 3.05) is 5.32 Å². The van der Waals surface area contributed by atoms with Gasteiger partial charge in [0.05, 0.1) is 21.5 Å². The zero-order valence-corrected chi connectivity index (χ0v) is 12.8. The van der Waals surface area contributed by atoms with E-state index in [0.29, 0.717) is 22.7 Å². The van der Waals surface area contributed by atoms with Gasteiger partial charge in [0.2, 0.25) is 0 Å². The Labute approximate surface area is 139 Å². The van der Waals surface area contributed by atoms with E-state index in [1.54, 1.807) is 25.1 Å². The molecule has 1 heterocycles. The van der Waals surface area contributed by atoms with E-state index in [1.165, 1.54) is 0 Å². The minimum Gasteiger partial charge on any atom is -0.441 e. The van der Waals surface area contributed by atoms with Crippen LogP contribution in [0, 0.1) is 27.2 Å². The third kappa shape index (κ3) is 3.27. The zero-order chi connectivity index (χ0) is 18.1. The van der Waals surface area contributed by atoms with Gasteiger partial charge in [-0.25, -0.2) is 4.98 Å². The quantitative estimate of drug-likeness (QED) is 0.566. The third-order valence-electron chi connectivity index (χ3n) is 3.34. The van der Waals surface area contributed by atoms with Gasteiger partial charge in [-0.15, -0.1) is 0 Å². The van der Waals surface area contributed by atoms with Crippen LogP contribution in [-0.2, 0) is 0 Å². The number of carbonyl (C=O) groups is 1.